The van der Waals surface area contributed by atoms with Crippen molar-refractivity contribution in [1.82, 2.24) is 10.2 Å². The number of imide groups is 1. The van der Waals surface area contributed by atoms with Crippen LogP contribution in [0.2, 0.25) is 0 Å². The van der Waals surface area contributed by atoms with E-state index in [1.807, 2.05) is 19.1 Å². The molecule has 0 saturated carbocycles. The van der Waals surface area contributed by atoms with Gasteiger partial charge in [-0.25, -0.2) is 14.5 Å². The normalized spacial score (nSPS) is 14.0. The summed E-state index contributed by atoms with van der Waals surface area (Å²) in [6, 6.07) is 19.7. The number of ether oxygens (including phenoxy) is 1. The number of hydrogen-bond acceptors (Lipinski definition) is 5. The topological polar surface area (TPSA) is 125 Å². The summed E-state index contributed by atoms with van der Waals surface area (Å²) in [6.45, 7) is 1.67. The molecule has 3 aromatic carbocycles. The molecule has 0 bridgehead atoms. The molecule has 3 aromatic rings. The SMILES string of the molecule is Cc1ccc(NC(=O)CN2C(=O)N/C(=C\c3ccccc3OCc3ccc(C(=O)O)cc3)C2=O)cc1. The van der Waals surface area contributed by atoms with E-state index in [1.165, 1.54) is 18.2 Å². The van der Waals surface area contributed by atoms with E-state index in [2.05, 4.69) is 10.6 Å². The van der Waals surface area contributed by atoms with Gasteiger partial charge >= 0.3 is 12.0 Å². The second-order valence-corrected chi connectivity index (χ2v) is 8.12. The Bertz CT molecular complexity index is 1350. The number of para-hydroxylation sites is 1. The number of nitrogens with one attached hydrogen (secondary N) is 2. The van der Waals surface area contributed by atoms with Crippen LogP contribution in [0.1, 0.15) is 27.0 Å². The van der Waals surface area contributed by atoms with E-state index >= 15 is 0 Å². The molecule has 4 rings (SSSR count). The highest BCUT2D eigenvalue weighted by atomic mass is 16.5. The van der Waals surface area contributed by atoms with E-state index in [4.69, 9.17) is 9.84 Å². The van der Waals surface area contributed by atoms with E-state index in [0.717, 1.165) is 16.0 Å². The number of carboxylic acids is 1. The molecule has 1 fully saturated rings. The first-order chi connectivity index (χ1) is 17.3. The molecular weight excluding hydrogens is 462 g/mol. The maximum atomic E-state index is 12.8. The third-order valence-electron chi connectivity index (χ3n) is 5.41. The maximum Gasteiger partial charge on any atom is 0.335 e. The molecule has 1 saturated heterocycles. The summed E-state index contributed by atoms with van der Waals surface area (Å²) < 4.78 is 5.87. The monoisotopic (exact) mass is 485 g/mol. The number of aromatic carboxylic acids is 1. The number of hydrogen-bond donors (Lipinski definition) is 3. The van der Waals surface area contributed by atoms with Crippen LogP contribution in [0.3, 0.4) is 0 Å². The van der Waals surface area contributed by atoms with Crippen LogP contribution in [0.25, 0.3) is 6.08 Å². The van der Waals surface area contributed by atoms with Gasteiger partial charge in [0.05, 0.1) is 5.56 Å². The first-order valence-corrected chi connectivity index (χ1v) is 11.1. The van der Waals surface area contributed by atoms with Crippen LogP contribution in [0.4, 0.5) is 10.5 Å². The van der Waals surface area contributed by atoms with E-state index in [1.54, 1.807) is 48.5 Å². The molecule has 182 valence electrons. The molecule has 36 heavy (non-hydrogen) atoms. The largest absolute Gasteiger partial charge is 0.488 e. The van der Waals surface area contributed by atoms with E-state index in [-0.39, 0.29) is 17.9 Å². The van der Waals surface area contributed by atoms with Crippen molar-refractivity contribution in [3.8, 4) is 5.75 Å². The average molecular weight is 485 g/mol. The van der Waals surface area contributed by atoms with Crippen molar-refractivity contribution >= 4 is 35.6 Å². The Balaban J connectivity index is 1.43. The number of rotatable bonds is 8. The van der Waals surface area contributed by atoms with Crippen molar-refractivity contribution in [3.05, 3.63) is 101 Å². The Hall–Kier alpha value is -4.92. The van der Waals surface area contributed by atoms with E-state index < -0.39 is 30.4 Å². The van der Waals surface area contributed by atoms with Gasteiger partial charge in [-0.2, -0.15) is 0 Å². The molecule has 9 heteroatoms. The molecule has 3 N–H and O–H groups in total. The minimum atomic E-state index is -1.01. The molecule has 4 amide bonds. The van der Waals surface area contributed by atoms with E-state index in [0.29, 0.717) is 17.0 Å². The van der Waals surface area contributed by atoms with Crippen LogP contribution in [0.5, 0.6) is 5.75 Å². The quantitative estimate of drug-likeness (QED) is 0.329. The number of carbonyl (C=O) groups excluding carboxylic acids is 3. The van der Waals surface area contributed by atoms with Crippen molar-refractivity contribution in [2.24, 2.45) is 0 Å². The Morgan fingerprint density at radius 3 is 2.39 bits per heavy atom. The second kappa shape index (κ2) is 10.6. The zero-order chi connectivity index (χ0) is 25.7. The van der Waals surface area contributed by atoms with Crippen LogP contribution in [0, 0.1) is 6.92 Å². The van der Waals surface area contributed by atoms with Gasteiger partial charge in [0.2, 0.25) is 5.91 Å². The number of benzene rings is 3. The number of carboxylic acid groups (broad SMARTS) is 1. The zero-order valence-corrected chi connectivity index (χ0v) is 19.4. The van der Waals surface area contributed by atoms with Gasteiger partial charge in [0.25, 0.3) is 5.91 Å². The molecule has 0 aromatic heterocycles. The fourth-order valence-corrected chi connectivity index (χ4v) is 3.49. The molecule has 0 radical (unpaired) electrons. The minimum Gasteiger partial charge on any atom is -0.488 e. The first-order valence-electron chi connectivity index (χ1n) is 11.1. The number of urea groups is 1. The van der Waals surface area contributed by atoms with Gasteiger partial charge in [-0.15, -0.1) is 0 Å². The van der Waals surface area contributed by atoms with Gasteiger partial charge in [-0.3, -0.25) is 9.59 Å². The van der Waals surface area contributed by atoms with Crippen LogP contribution in [0.15, 0.2) is 78.5 Å². The van der Waals surface area contributed by atoms with Gasteiger partial charge in [0, 0.05) is 11.3 Å². The lowest BCUT2D eigenvalue weighted by atomic mass is 10.1. The second-order valence-electron chi connectivity index (χ2n) is 8.12. The highest BCUT2D eigenvalue weighted by Gasteiger charge is 2.35. The summed E-state index contributed by atoms with van der Waals surface area (Å²) >= 11 is 0. The lowest BCUT2D eigenvalue weighted by molar-refractivity contribution is -0.127. The Morgan fingerprint density at radius 1 is 1.00 bits per heavy atom. The van der Waals surface area contributed by atoms with Gasteiger partial charge in [0.1, 0.15) is 24.6 Å². The van der Waals surface area contributed by atoms with Gasteiger partial charge in [-0.05, 0) is 48.9 Å². The Labute approximate surface area is 207 Å². The summed E-state index contributed by atoms with van der Waals surface area (Å²) in [5.41, 5.74) is 3.11. The summed E-state index contributed by atoms with van der Waals surface area (Å²) in [4.78, 5) is 49.5. The molecule has 9 nitrogen and oxygen atoms in total. The predicted octanol–water partition coefficient (Wildman–Crippen LogP) is 3.80. The summed E-state index contributed by atoms with van der Waals surface area (Å²) in [5, 5.41) is 14.2. The van der Waals surface area contributed by atoms with Crippen molar-refractivity contribution in [2.75, 3.05) is 11.9 Å². The van der Waals surface area contributed by atoms with Gasteiger partial charge in [0.15, 0.2) is 0 Å². The number of carbonyl (C=O) groups is 4. The van der Waals surface area contributed by atoms with Crippen LogP contribution in [-0.2, 0) is 16.2 Å². The number of amides is 4. The summed E-state index contributed by atoms with van der Waals surface area (Å²) in [6.07, 6.45) is 1.49. The van der Waals surface area contributed by atoms with Crippen molar-refractivity contribution < 1.29 is 29.0 Å². The molecule has 0 unspecified atom stereocenters. The predicted molar refractivity (Wildman–Crippen MR) is 132 cm³/mol. The highest BCUT2D eigenvalue weighted by Crippen LogP contribution is 2.24. The molecule has 1 heterocycles. The maximum absolute atomic E-state index is 12.8. The number of aryl methyl sites for hydroxylation is 1. The minimum absolute atomic E-state index is 0.0185. The standard InChI is InChI=1S/C27H23N3O6/c1-17-6-12-21(13-7-17)28-24(31)15-30-25(32)22(29-27(30)35)14-20-4-2-3-5-23(20)36-16-18-8-10-19(11-9-18)26(33)34/h2-14H,15-16H2,1H3,(H,28,31)(H,29,35)(H,33,34)/b22-14-. The molecule has 0 spiro atoms. The fourth-order valence-electron chi connectivity index (χ4n) is 3.49. The number of nitrogens with zero attached hydrogens (tertiary/aromatic N) is 1. The van der Waals surface area contributed by atoms with Gasteiger partial charge < -0.3 is 20.5 Å². The molecule has 0 atom stereocenters. The lowest BCUT2D eigenvalue weighted by Crippen LogP contribution is -2.38. The van der Waals surface area contributed by atoms with Crippen LogP contribution < -0.4 is 15.4 Å². The third kappa shape index (κ3) is 5.76. The highest BCUT2D eigenvalue weighted by molar-refractivity contribution is 6.16. The van der Waals surface area contributed by atoms with Crippen LogP contribution >= 0.6 is 0 Å². The summed E-state index contributed by atoms with van der Waals surface area (Å²) in [7, 11) is 0. The lowest BCUT2D eigenvalue weighted by Gasteiger charge is -2.12. The van der Waals surface area contributed by atoms with E-state index in [9.17, 15) is 19.2 Å². The molecular formula is C27H23N3O6. The summed E-state index contributed by atoms with van der Waals surface area (Å²) in [5.74, 6) is -1.67. The third-order valence-corrected chi connectivity index (χ3v) is 5.41. The van der Waals surface area contributed by atoms with Crippen LogP contribution in [-0.4, -0.2) is 40.4 Å². The Morgan fingerprint density at radius 2 is 1.69 bits per heavy atom. The molecule has 1 aliphatic rings. The first kappa shape index (κ1) is 24.2. The molecule has 1 aliphatic heterocycles. The van der Waals surface area contributed by atoms with Crippen molar-refractivity contribution in [3.63, 3.8) is 0 Å². The molecule has 0 aliphatic carbocycles. The smallest absolute Gasteiger partial charge is 0.335 e. The van der Waals surface area contributed by atoms with Crippen molar-refractivity contribution in [2.45, 2.75) is 13.5 Å². The zero-order valence-electron chi connectivity index (χ0n) is 19.4. The Kier molecular flexibility index (Phi) is 7.10. The fraction of sp³-hybridized carbons (Fsp3) is 0.111. The van der Waals surface area contributed by atoms with Gasteiger partial charge in [-0.1, -0.05) is 48.0 Å². The average Bonchev–Trinajstić information content (AvgIpc) is 3.12. The van der Waals surface area contributed by atoms with Crippen molar-refractivity contribution in [1.29, 1.82) is 0 Å². The number of anilines is 1.